The van der Waals surface area contributed by atoms with E-state index >= 15 is 0 Å². The van der Waals surface area contributed by atoms with Crippen molar-refractivity contribution in [3.05, 3.63) is 0 Å². The molecule has 0 aliphatic heterocycles. The molecule has 0 amide bonds. The van der Waals surface area contributed by atoms with E-state index in [0.717, 1.165) is 0 Å². The van der Waals surface area contributed by atoms with Gasteiger partial charge in [0, 0.05) is 7.11 Å². The van der Waals surface area contributed by atoms with E-state index in [1.165, 1.54) is 20.0 Å². The third-order valence-electron chi connectivity index (χ3n) is 0.629. The van der Waals surface area contributed by atoms with Gasteiger partial charge in [0.25, 0.3) is 0 Å². The molecule has 0 fully saturated rings. The number of hydrogen-bond donors (Lipinski definition) is 1. The maximum absolute atomic E-state index is 7.65. The Balaban J connectivity index is 0. The van der Waals surface area contributed by atoms with Crippen LogP contribution in [0, 0.1) is 0 Å². The lowest BCUT2D eigenvalue weighted by atomic mass is 10.4. The van der Waals surface area contributed by atoms with Gasteiger partial charge < -0.3 is 9.68 Å². The smallest absolute Gasteiger partial charge is 0.430 e. The van der Waals surface area contributed by atoms with E-state index in [-0.39, 0.29) is 7.69 Å². The van der Waals surface area contributed by atoms with Crippen molar-refractivity contribution in [3.63, 3.8) is 0 Å². The van der Waals surface area contributed by atoms with Crippen LogP contribution in [0.15, 0.2) is 0 Å². The van der Waals surface area contributed by atoms with Crippen molar-refractivity contribution in [3.8, 4) is 0 Å². The summed E-state index contributed by atoms with van der Waals surface area (Å²) in [6, 6.07) is 0. The summed E-state index contributed by atoms with van der Waals surface area (Å²) in [5.41, 5.74) is 0. The fraction of sp³-hybridized carbons (Fsp3) is 1.00. The Morgan fingerprint density at radius 3 is 1.62 bits per heavy atom. The van der Waals surface area contributed by atoms with Crippen LogP contribution in [0.25, 0.3) is 0 Å². The van der Waals surface area contributed by atoms with E-state index in [1.54, 1.807) is 0 Å². The Labute approximate surface area is 52.2 Å². The zero-order chi connectivity index (χ0) is 6.83. The zero-order valence-corrected chi connectivity index (χ0v) is 5.98. The van der Waals surface area contributed by atoms with Crippen molar-refractivity contribution in [1.82, 2.24) is 0 Å². The number of rotatable bonds is 2. The average molecular weight is 118 g/mol. The highest BCUT2D eigenvalue weighted by molar-refractivity contribution is 6.15. The van der Waals surface area contributed by atoms with Crippen molar-refractivity contribution < 1.29 is 9.68 Å². The Morgan fingerprint density at radius 2 is 1.62 bits per heavy atom. The Bertz CT molecular complexity index is 18.4. The molecule has 8 heavy (non-hydrogen) atoms. The van der Waals surface area contributed by atoms with Gasteiger partial charge in [0.1, 0.15) is 0 Å². The molecular formula is C5H15BO2. The molecule has 2 nitrogen and oxygen atoms in total. The van der Waals surface area contributed by atoms with E-state index in [2.05, 4.69) is 18.5 Å². The molecule has 1 N–H and O–H groups in total. The minimum atomic E-state index is -0.181. The number of hydrogen-bond acceptors (Lipinski definition) is 2. The van der Waals surface area contributed by atoms with E-state index in [0.29, 0.717) is 0 Å². The quantitative estimate of drug-likeness (QED) is 0.540. The molecule has 3 heteroatoms. The second kappa shape index (κ2) is 15.8. The van der Waals surface area contributed by atoms with Gasteiger partial charge >= 0.3 is 7.69 Å². The van der Waals surface area contributed by atoms with Crippen molar-refractivity contribution in [2.24, 2.45) is 0 Å². The summed E-state index contributed by atoms with van der Waals surface area (Å²) in [5, 5.41) is 7.65. The maximum Gasteiger partial charge on any atom is 0.435 e. The molecule has 0 atom stereocenters. The molecule has 0 aromatic carbocycles. The standard InChI is InChI=1S/C4H10.CH5BO2/c1-3-4-2;1-4-2-3/h3-4H2,1-2H3;2-3H,1H3. The highest BCUT2D eigenvalue weighted by Crippen LogP contribution is 1.76. The summed E-state index contributed by atoms with van der Waals surface area (Å²) in [6.07, 6.45) is 2.64. The van der Waals surface area contributed by atoms with Gasteiger partial charge in [-0.2, -0.15) is 0 Å². The molecule has 0 aromatic heterocycles. The Morgan fingerprint density at radius 1 is 1.38 bits per heavy atom. The lowest BCUT2D eigenvalue weighted by Crippen LogP contribution is -1.86. The van der Waals surface area contributed by atoms with E-state index in [4.69, 9.17) is 5.02 Å². The van der Waals surface area contributed by atoms with E-state index < -0.39 is 0 Å². The van der Waals surface area contributed by atoms with Crippen LogP contribution in [0.5, 0.6) is 0 Å². The molecule has 0 bridgehead atoms. The first-order valence-electron chi connectivity index (χ1n) is 2.93. The Hall–Kier alpha value is -0.0151. The highest BCUT2D eigenvalue weighted by Gasteiger charge is 1.63. The number of unbranched alkanes of at least 4 members (excludes halogenated alkanes) is 1. The SMILES string of the molecule is CCCC.COBO. The van der Waals surface area contributed by atoms with Gasteiger partial charge in [0.15, 0.2) is 0 Å². The van der Waals surface area contributed by atoms with Crippen LogP contribution in [0.1, 0.15) is 26.7 Å². The van der Waals surface area contributed by atoms with Crippen molar-refractivity contribution in [1.29, 1.82) is 0 Å². The summed E-state index contributed by atoms with van der Waals surface area (Å²) in [6.45, 7) is 4.36. The minimum absolute atomic E-state index is 0.181. The molecule has 0 aromatic rings. The molecule has 0 unspecified atom stereocenters. The molecule has 0 saturated carbocycles. The fourth-order valence-corrected chi connectivity index (χ4v) is 0. The van der Waals surface area contributed by atoms with Crippen LogP contribution < -0.4 is 0 Å². The normalized spacial score (nSPS) is 7.00. The van der Waals surface area contributed by atoms with Crippen LogP contribution in [0.2, 0.25) is 0 Å². The van der Waals surface area contributed by atoms with Gasteiger partial charge in [-0.15, -0.1) is 0 Å². The molecule has 0 rings (SSSR count). The first-order valence-corrected chi connectivity index (χ1v) is 2.93. The summed E-state index contributed by atoms with van der Waals surface area (Å²) in [5.74, 6) is 0. The fourth-order valence-electron chi connectivity index (χ4n) is 0. The predicted octanol–water partition coefficient (Wildman–Crippen LogP) is 0.698. The van der Waals surface area contributed by atoms with Crippen molar-refractivity contribution in [2.75, 3.05) is 7.11 Å². The zero-order valence-electron chi connectivity index (χ0n) is 5.98. The predicted molar refractivity (Wildman–Crippen MR) is 37.0 cm³/mol. The average Bonchev–Trinajstić information content (AvgIpc) is 1.88. The molecule has 0 aliphatic carbocycles. The summed E-state index contributed by atoms with van der Waals surface area (Å²) >= 11 is 0. The van der Waals surface area contributed by atoms with Crippen LogP contribution in [0.4, 0.5) is 0 Å². The lowest BCUT2D eigenvalue weighted by molar-refractivity contribution is 0.360. The third kappa shape index (κ3) is 37.7. The van der Waals surface area contributed by atoms with Crippen LogP contribution in [0.3, 0.4) is 0 Å². The van der Waals surface area contributed by atoms with Gasteiger partial charge in [0.2, 0.25) is 0 Å². The van der Waals surface area contributed by atoms with E-state index in [9.17, 15) is 0 Å². The molecule has 0 radical (unpaired) electrons. The lowest BCUT2D eigenvalue weighted by Gasteiger charge is -1.72. The molecule has 50 valence electrons. The van der Waals surface area contributed by atoms with Gasteiger partial charge in [-0.1, -0.05) is 26.7 Å². The van der Waals surface area contributed by atoms with Gasteiger partial charge in [-0.05, 0) is 0 Å². The van der Waals surface area contributed by atoms with Gasteiger partial charge in [0.05, 0.1) is 0 Å². The molecular weight excluding hydrogens is 103 g/mol. The largest absolute Gasteiger partial charge is 0.435 e. The molecule has 0 saturated heterocycles. The van der Waals surface area contributed by atoms with Crippen molar-refractivity contribution in [2.45, 2.75) is 26.7 Å². The summed E-state index contributed by atoms with van der Waals surface area (Å²) < 4.78 is 4.10. The summed E-state index contributed by atoms with van der Waals surface area (Å²) in [7, 11) is 1.25. The third-order valence-corrected chi connectivity index (χ3v) is 0.629. The second-order valence-corrected chi connectivity index (χ2v) is 1.42. The monoisotopic (exact) mass is 118 g/mol. The first kappa shape index (κ1) is 10.9. The van der Waals surface area contributed by atoms with Crippen molar-refractivity contribution >= 4 is 7.69 Å². The first-order chi connectivity index (χ1) is 3.83. The van der Waals surface area contributed by atoms with E-state index in [1.807, 2.05) is 0 Å². The molecule has 0 aliphatic rings. The molecule has 0 spiro atoms. The van der Waals surface area contributed by atoms with Gasteiger partial charge in [-0.25, -0.2) is 0 Å². The van der Waals surface area contributed by atoms with Crippen LogP contribution in [-0.4, -0.2) is 19.8 Å². The van der Waals surface area contributed by atoms with Crippen LogP contribution in [-0.2, 0) is 4.65 Å². The topological polar surface area (TPSA) is 29.5 Å². The summed E-state index contributed by atoms with van der Waals surface area (Å²) in [4.78, 5) is 0. The molecule has 0 heterocycles. The second-order valence-electron chi connectivity index (χ2n) is 1.42. The van der Waals surface area contributed by atoms with Crippen LogP contribution >= 0.6 is 0 Å². The Kier molecular flexibility index (Phi) is 21.4. The van der Waals surface area contributed by atoms with Gasteiger partial charge in [-0.3, -0.25) is 0 Å². The maximum atomic E-state index is 7.65. The minimum Gasteiger partial charge on any atom is -0.430 e. The highest BCUT2D eigenvalue weighted by atomic mass is 16.5.